The average Bonchev–Trinajstić information content (AvgIpc) is 2.72. The number of pyridine rings is 1. The lowest BCUT2D eigenvalue weighted by atomic mass is 9.76. The Kier molecular flexibility index (Phi) is 5.35. The van der Waals surface area contributed by atoms with E-state index in [1.165, 1.54) is 18.4 Å². The highest BCUT2D eigenvalue weighted by Gasteiger charge is 2.42. The summed E-state index contributed by atoms with van der Waals surface area (Å²) in [6, 6.07) is 14.8. The third kappa shape index (κ3) is 4.11. The van der Waals surface area contributed by atoms with Crippen LogP contribution in [0.15, 0.2) is 60.9 Å². The van der Waals surface area contributed by atoms with E-state index in [1.807, 2.05) is 55.7 Å². The van der Waals surface area contributed by atoms with Crippen LogP contribution in [0.2, 0.25) is 0 Å². The van der Waals surface area contributed by atoms with Crippen LogP contribution in [0.1, 0.15) is 30.9 Å². The molecular weight excluding hydrogens is 334 g/mol. The van der Waals surface area contributed by atoms with Crippen LogP contribution < -0.4 is 5.32 Å². The molecule has 1 N–H and O–H groups in total. The lowest BCUT2D eigenvalue weighted by molar-refractivity contribution is -0.119. The summed E-state index contributed by atoms with van der Waals surface area (Å²) in [5.41, 5.74) is 3.33. The van der Waals surface area contributed by atoms with Gasteiger partial charge in [0, 0.05) is 30.6 Å². The van der Waals surface area contributed by atoms with E-state index >= 15 is 0 Å². The van der Waals surface area contributed by atoms with E-state index in [2.05, 4.69) is 21.3 Å². The van der Waals surface area contributed by atoms with E-state index in [4.69, 9.17) is 0 Å². The number of fused-ring (bicyclic) bond motifs is 3. The minimum absolute atomic E-state index is 0.0197. The van der Waals surface area contributed by atoms with Crippen molar-refractivity contribution in [3.05, 3.63) is 72.1 Å². The minimum atomic E-state index is 0.0197. The van der Waals surface area contributed by atoms with Crippen LogP contribution in [0.3, 0.4) is 0 Å². The van der Waals surface area contributed by atoms with Gasteiger partial charge in [-0.3, -0.25) is 14.7 Å². The number of hydrogen-bond donors (Lipinski definition) is 1. The van der Waals surface area contributed by atoms with Gasteiger partial charge in [0.25, 0.3) is 0 Å². The molecule has 3 aliphatic rings. The predicted octanol–water partition coefficient (Wildman–Crippen LogP) is 3.31. The second kappa shape index (κ2) is 8.05. The Morgan fingerprint density at radius 1 is 1.19 bits per heavy atom. The van der Waals surface area contributed by atoms with Crippen molar-refractivity contribution in [2.24, 2.45) is 5.92 Å². The molecule has 2 bridgehead atoms. The molecule has 27 heavy (non-hydrogen) atoms. The standard InChI is InChI=1S/C23H27N3O/c1-17(19-7-3-2-4-8-19)14-22(27)25-23-20-9-12-26(13-10-20)21(23)15-18-6-5-11-24-16-18/h2-8,11,14,16,20-21,23H,9-10,12-13,15H2,1H3,(H,25,27)/b17-14+/t21-,23+/m1/s1. The number of piperidine rings is 3. The number of rotatable bonds is 5. The normalized spacial score (nSPS) is 27.4. The van der Waals surface area contributed by atoms with Crippen molar-refractivity contribution in [1.29, 1.82) is 0 Å². The number of carbonyl (C=O) groups is 1. The maximum Gasteiger partial charge on any atom is 0.244 e. The Hall–Kier alpha value is -2.46. The molecule has 1 amide bonds. The molecule has 0 spiro atoms. The number of carbonyl (C=O) groups excluding carboxylic acids is 1. The molecule has 4 heterocycles. The third-order valence-corrected chi connectivity index (χ3v) is 6.02. The lowest BCUT2D eigenvalue weighted by Crippen LogP contribution is -2.64. The molecule has 3 saturated heterocycles. The second-order valence-electron chi connectivity index (χ2n) is 7.73. The van der Waals surface area contributed by atoms with Crippen LogP contribution >= 0.6 is 0 Å². The van der Waals surface area contributed by atoms with E-state index in [9.17, 15) is 4.79 Å². The molecule has 2 atom stereocenters. The number of nitrogens with zero attached hydrogens (tertiary/aromatic N) is 2. The molecule has 2 aromatic rings. The summed E-state index contributed by atoms with van der Waals surface area (Å²) >= 11 is 0. The fourth-order valence-corrected chi connectivity index (χ4v) is 4.57. The molecule has 3 aliphatic heterocycles. The van der Waals surface area contributed by atoms with Crippen molar-refractivity contribution in [3.63, 3.8) is 0 Å². The van der Waals surface area contributed by atoms with Crippen molar-refractivity contribution >= 4 is 11.5 Å². The van der Waals surface area contributed by atoms with E-state index in [-0.39, 0.29) is 11.9 Å². The number of aromatic nitrogens is 1. The van der Waals surface area contributed by atoms with Gasteiger partial charge in [0.05, 0.1) is 0 Å². The maximum atomic E-state index is 12.8. The quantitative estimate of drug-likeness (QED) is 0.831. The zero-order chi connectivity index (χ0) is 18.6. The van der Waals surface area contributed by atoms with Crippen molar-refractivity contribution < 1.29 is 4.79 Å². The van der Waals surface area contributed by atoms with Crippen LogP contribution in [-0.2, 0) is 11.2 Å². The van der Waals surface area contributed by atoms with Gasteiger partial charge in [-0.2, -0.15) is 0 Å². The molecule has 0 saturated carbocycles. The number of hydrogen-bond acceptors (Lipinski definition) is 3. The summed E-state index contributed by atoms with van der Waals surface area (Å²) in [5, 5.41) is 3.34. The van der Waals surface area contributed by atoms with Gasteiger partial charge in [0.1, 0.15) is 0 Å². The van der Waals surface area contributed by atoms with Gasteiger partial charge in [-0.1, -0.05) is 36.4 Å². The molecule has 0 radical (unpaired) electrons. The van der Waals surface area contributed by atoms with E-state index in [1.54, 1.807) is 6.08 Å². The van der Waals surface area contributed by atoms with Gasteiger partial charge < -0.3 is 5.32 Å². The number of benzene rings is 1. The van der Waals surface area contributed by atoms with Gasteiger partial charge in [0.2, 0.25) is 5.91 Å². The summed E-state index contributed by atoms with van der Waals surface area (Å²) in [6.45, 7) is 4.28. The Morgan fingerprint density at radius 3 is 2.67 bits per heavy atom. The first-order chi connectivity index (χ1) is 13.2. The van der Waals surface area contributed by atoms with Gasteiger partial charge in [-0.25, -0.2) is 0 Å². The number of allylic oxidation sites excluding steroid dienone is 1. The molecular formula is C23H27N3O. The summed E-state index contributed by atoms with van der Waals surface area (Å²) in [6.07, 6.45) is 8.80. The first-order valence-corrected chi connectivity index (χ1v) is 9.88. The number of nitrogens with one attached hydrogen (secondary N) is 1. The van der Waals surface area contributed by atoms with Crippen LogP contribution in [0.5, 0.6) is 0 Å². The largest absolute Gasteiger partial charge is 0.348 e. The summed E-state index contributed by atoms with van der Waals surface area (Å²) < 4.78 is 0. The van der Waals surface area contributed by atoms with E-state index in [0.29, 0.717) is 12.0 Å². The predicted molar refractivity (Wildman–Crippen MR) is 108 cm³/mol. The second-order valence-corrected chi connectivity index (χ2v) is 7.73. The monoisotopic (exact) mass is 361 g/mol. The molecule has 140 valence electrons. The van der Waals surface area contributed by atoms with Gasteiger partial charge in [0.15, 0.2) is 0 Å². The SMILES string of the molecule is C/C(=C\C(=O)N[C@H]1C2CCN(CC2)[C@@H]1Cc1cccnc1)c1ccccc1. The van der Waals surface area contributed by atoms with Crippen LogP contribution in [0.4, 0.5) is 0 Å². The molecule has 1 aromatic carbocycles. The fraction of sp³-hybridized carbons (Fsp3) is 0.391. The Morgan fingerprint density at radius 2 is 1.96 bits per heavy atom. The zero-order valence-electron chi connectivity index (χ0n) is 15.8. The first-order valence-electron chi connectivity index (χ1n) is 9.88. The fourth-order valence-electron chi connectivity index (χ4n) is 4.57. The van der Waals surface area contributed by atoms with Gasteiger partial charge in [-0.05, 0) is 68.0 Å². The molecule has 0 aliphatic carbocycles. The molecule has 5 rings (SSSR count). The van der Waals surface area contributed by atoms with Gasteiger partial charge in [-0.15, -0.1) is 0 Å². The van der Waals surface area contributed by atoms with Crippen molar-refractivity contribution in [3.8, 4) is 0 Å². The lowest BCUT2D eigenvalue weighted by Gasteiger charge is -2.51. The van der Waals surface area contributed by atoms with Crippen LogP contribution in [0.25, 0.3) is 5.57 Å². The van der Waals surface area contributed by atoms with Crippen LogP contribution in [0, 0.1) is 5.92 Å². The number of amides is 1. The highest BCUT2D eigenvalue weighted by atomic mass is 16.1. The first kappa shape index (κ1) is 17.9. The Bertz CT molecular complexity index is 795. The van der Waals surface area contributed by atoms with E-state index < -0.39 is 0 Å². The molecule has 0 unspecified atom stereocenters. The van der Waals surface area contributed by atoms with E-state index in [0.717, 1.165) is 30.6 Å². The Balaban J connectivity index is 1.49. The Labute approximate surface area is 161 Å². The molecule has 4 nitrogen and oxygen atoms in total. The van der Waals surface area contributed by atoms with Crippen molar-refractivity contribution in [1.82, 2.24) is 15.2 Å². The summed E-state index contributed by atoms with van der Waals surface area (Å²) in [7, 11) is 0. The molecule has 4 heteroatoms. The third-order valence-electron chi connectivity index (χ3n) is 6.02. The smallest absolute Gasteiger partial charge is 0.244 e. The molecule has 3 fully saturated rings. The topological polar surface area (TPSA) is 45.2 Å². The van der Waals surface area contributed by atoms with Crippen molar-refractivity contribution in [2.75, 3.05) is 13.1 Å². The molecule has 1 aromatic heterocycles. The minimum Gasteiger partial charge on any atom is -0.348 e. The highest BCUT2D eigenvalue weighted by molar-refractivity contribution is 5.95. The zero-order valence-corrected chi connectivity index (χ0v) is 15.8. The summed E-state index contributed by atoms with van der Waals surface area (Å²) in [5.74, 6) is 0.595. The van der Waals surface area contributed by atoms with Crippen molar-refractivity contribution in [2.45, 2.75) is 38.3 Å². The van der Waals surface area contributed by atoms with Gasteiger partial charge >= 0.3 is 0 Å². The summed E-state index contributed by atoms with van der Waals surface area (Å²) in [4.78, 5) is 19.6. The highest BCUT2D eigenvalue weighted by Crippen LogP contribution is 2.34. The van der Waals surface area contributed by atoms with Crippen LogP contribution in [-0.4, -0.2) is 41.0 Å². The maximum absolute atomic E-state index is 12.8. The average molecular weight is 361 g/mol.